The quantitative estimate of drug-likeness (QED) is 0.328. The predicted molar refractivity (Wildman–Crippen MR) is 82.1 cm³/mol. The first-order valence-electron chi connectivity index (χ1n) is 6.99. The Labute approximate surface area is 129 Å². The molecule has 124 valence electrons. The van der Waals surface area contributed by atoms with Gasteiger partial charge in [0.2, 0.25) is 10.0 Å². The summed E-state index contributed by atoms with van der Waals surface area (Å²) >= 11 is 0. The third-order valence-corrected chi connectivity index (χ3v) is 4.64. The van der Waals surface area contributed by atoms with E-state index < -0.39 is 20.6 Å². The normalized spacial score (nSPS) is 13.0. The fraction of sp³-hybridized carbons (Fsp3) is 0.538. The number of nitrogens with zero attached hydrogens (tertiary/aromatic N) is 1. The Morgan fingerprint density at radius 1 is 1.36 bits per heavy atom. The Morgan fingerprint density at radius 2 is 2.05 bits per heavy atom. The predicted octanol–water partition coefficient (Wildman–Crippen LogP) is 0.624. The van der Waals surface area contributed by atoms with Crippen molar-refractivity contribution >= 4 is 15.7 Å². The minimum atomic E-state index is -3.97. The molecule has 1 rings (SSSR count). The summed E-state index contributed by atoms with van der Waals surface area (Å²) in [4.78, 5) is 9.89. The molecule has 8 nitrogen and oxygen atoms in total. The molecular formula is C13H21N3O5S. The van der Waals surface area contributed by atoms with E-state index in [9.17, 15) is 18.5 Å². The average molecular weight is 331 g/mol. The second-order valence-corrected chi connectivity index (χ2v) is 6.41. The van der Waals surface area contributed by atoms with Crippen molar-refractivity contribution in [2.24, 2.45) is 0 Å². The van der Waals surface area contributed by atoms with Gasteiger partial charge in [-0.2, -0.15) is 0 Å². The van der Waals surface area contributed by atoms with Gasteiger partial charge in [-0.05, 0) is 25.5 Å². The first kappa shape index (κ1) is 18.5. The highest BCUT2D eigenvalue weighted by Gasteiger charge is 2.26. The fourth-order valence-electron chi connectivity index (χ4n) is 1.87. The number of nitro benzene ring substituents is 1. The summed E-state index contributed by atoms with van der Waals surface area (Å²) in [5.41, 5.74) is -0.446. The largest absolute Gasteiger partial charge is 0.396 e. The molecule has 22 heavy (non-hydrogen) atoms. The standard InChI is InChI=1S/C13H21N3O5S/c1-2-11(10-14-8-5-9-17)15-22(20,21)13-7-4-3-6-12(13)16(18)19/h3-4,6-7,11,14-15,17H,2,5,8-10H2,1H3/t11-/m1/s1. The zero-order valence-electron chi connectivity index (χ0n) is 12.4. The van der Waals surface area contributed by atoms with Gasteiger partial charge >= 0.3 is 0 Å². The van der Waals surface area contributed by atoms with E-state index in [2.05, 4.69) is 10.0 Å². The van der Waals surface area contributed by atoms with E-state index in [0.717, 1.165) is 6.07 Å². The van der Waals surface area contributed by atoms with Gasteiger partial charge in [-0.25, -0.2) is 13.1 Å². The molecule has 0 radical (unpaired) electrons. The molecule has 0 amide bonds. The van der Waals surface area contributed by atoms with Crippen LogP contribution in [0.3, 0.4) is 0 Å². The summed E-state index contributed by atoms with van der Waals surface area (Å²) in [6.45, 7) is 2.84. The van der Waals surface area contributed by atoms with Crippen LogP contribution in [0.5, 0.6) is 0 Å². The number of rotatable bonds is 10. The highest BCUT2D eigenvalue weighted by atomic mass is 32.2. The van der Waals surface area contributed by atoms with Gasteiger partial charge in [0.15, 0.2) is 4.90 Å². The van der Waals surface area contributed by atoms with Crippen LogP contribution in [-0.2, 0) is 10.0 Å². The third-order valence-electron chi connectivity index (χ3n) is 3.07. The van der Waals surface area contributed by atoms with Gasteiger partial charge in [0.05, 0.1) is 4.92 Å². The lowest BCUT2D eigenvalue weighted by Crippen LogP contribution is -2.42. The molecule has 0 aliphatic rings. The molecule has 0 heterocycles. The molecule has 0 saturated carbocycles. The number of aliphatic hydroxyl groups excluding tert-OH is 1. The Bertz CT molecular complexity index is 591. The second kappa shape index (κ2) is 8.79. The van der Waals surface area contributed by atoms with E-state index in [1.54, 1.807) is 0 Å². The summed E-state index contributed by atoms with van der Waals surface area (Å²) in [5, 5.41) is 22.7. The molecule has 0 fully saturated rings. The number of aliphatic hydroxyl groups is 1. The summed E-state index contributed by atoms with van der Waals surface area (Å²) in [5.74, 6) is 0. The number of para-hydroxylation sites is 1. The topological polar surface area (TPSA) is 122 Å². The summed E-state index contributed by atoms with van der Waals surface area (Å²) in [6, 6.07) is 4.86. The monoisotopic (exact) mass is 331 g/mol. The van der Waals surface area contributed by atoms with Crippen LogP contribution in [0.4, 0.5) is 5.69 Å². The number of hydrogen-bond donors (Lipinski definition) is 3. The van der Waals surface area contributed by atoms with Crippen molar-refractivity contribution in [3.63, 3.8) is 0 Å². The SMILES string of the molecule is CC[C@H](CNCCCO)NS(=O)(=O)c1ccccc1[N+](=O)[O-]. The van der Waals surface area contributed by atoms with Crippen LogP contribution in [0.2, 0.25) is 0 Å². The third kappa shape index (κ3) is 5.34. The second-order valence-electron chi connectivity index (χ2n) is 4.73. The lowest BCUT2D eigenvalue weighted by molar-refractivity contribution is -0.387. The van der Waals surface area contributed by atoms with Gasteiger partial charge in [-0.1, -0.05) is 19.1 Å². The smallest absolute Gasteiger partial charge is 0.289 e. The maximum absolute atomic E-state index is 12.3. The first-order chi connectivity index (χ1) is 10.4. The van der Waals surface area contributed by atoms with Gasteiger partial charge in [-0.15, -0.1) is 0 Å². The first-order valence-corrected chi connectivity index (χ1v) is 8.48. The van der Waals surface area contributed by atoms with Crippen molar-refractivity contribution in [2.75, 3.05) is 19.7 Å². The molecule has 1 aromatic rings. The lowest BCUT2D eigenvalue weighted by atomic mass is 10.2. The number of benzene rings is 1. The molecule has 1 atom stereocenters. The van der Waals surface area contributed by atoms with E-state index in [-0.39, 0.29) is 17.5 Å². The molecule has 0 aromatic heterocycles. The highest BCUT2D eigenvalue weighted by molar-refractivity contribution is 7.89. The van der Waals surface area contributed by atoms with Crippen LogP contribution < -0.4 is 10.0 Å². The van der Waals surface area contributed by atoms with E-state index in [4.69, 9.17) is 5.11 Å². The van der Waals surface area contributed by atoms with Crippen molar-refractivity contribution in [3.8, 4) is 0 Å². The Kier molecular flexibility index (Phi) is 7.39. The molecule has 1 aromatic carbocycles. The minimum absolute atomic E-state index is 0.0612. The summed E-state index contributed by atoms with van der Waals surface area (Å²) in [6.07, 6.45) is 1.11. The Hall–Kier alpha value is -1.55. The fourth-order valence-corrected chi connectivity index (χ4v) is 3.36. The van der Waals surface area contributed by atoms with Crippen molar-refractivity contribution in [1.82, 2.24) is 10.0 Å². The summed E-state index contributed by atoms with van der Waals surface area (Å²) < 4.78 is 27.1. The van der Waals surface area contributed by atoms with Crippen LogP contribution in [-0.4, -0.2) is 44.2 Å². The minimum Gasteiger partial charge on any atom is -0.396 e. The molecule has 0 aliphatic carbocycles. The van der Waals surface area contributed by atoms with Crippen LogP contribution >= 0.6 is 0 Å². The maximum Gasteiger partial charge on any atom is 0.289 e. The van der Waals surface area contributed by atoms with Crippen LogP contribution in [0.1, 0.15) is 19.8 Å². The average Bonchev–Trinajstić information content (AvgIpc) is 2.50. The molecular weight excluding hydrogens is 310 g/mol. The van der Waals surface area contributed by atoms with Gasteiger partial charge < -0.3 is 10.4 Å². The van der Waals surface area contributed by atoms with Crippen molar-refractivity contribution in [2.45, 2.75) is 30.7 Å². The van der Waals surface area contributed by atoms with Crippen molar-refractivity contribution in [1.29, 1.82) is 0 Å². The zero-order chi connectivity index (χ0) is 16.6. The number of sulfonamides is 1. The lowest BCUT2D eigenvalue weighted by Gasteiger charge is -2.17. The van der Waals surface area contributed by atoms with Crippen molar-refractivity contribution in [3.05, 3.63) is 34.4 Å². The molecule has 9 heteroatoms. The van der Waals surface area contributed by atoms with Crippen LogP contribution in [0.15, 0.2) is 29.2 Å². The van der Waals surface area contributed by atoms with Crippen LogP contribution in [0, 0.1) is 10.1 Å². The van der Waals surface area contributed by atoms with Gasteiger partial charge in [0.25, 0.3) is 5.69 Å². The van der Waals surface area contributed by atoms with Gasteiger partial charge in [0, 0.05) is 25.3 Å². The molecule has 0 bridgehead atoms. The van der Waals surface area contributed by atoms with Gasteiger partial charge in [-0.3, -0.25) is 10.1 Å². The maximum atomic E-state index is 12.3. The number of nitrogens with one attached hydrogen (secondary N) is 2. The van der Waals surface area contributed by atoms with E-state index >= 15 is 0 Å². The molecule has 3 N–H and O–H groups in total. The van der Waals surface area contributed by atoms with E-state index in [1.165, 1.54) is 18.2 Å². The van der Waals surface area contributed by atoms with Crippen LogP contribution in [0.25, 0.3) is 0 Å². The Morgan fingerprint density at radius 3 is 2.64 bits per heavy atom. The zero-order valence-corrected chi connectivity index (χ0v) is 13.2. The highest BCUT2D eigenvalue weighted by Crippen LogP contribution is 2.22. The molecule has 0 unspecified atom stereocenters. The molecule has 0 saturated heterocycles. The van der Waals surface area contributed by atoms with E-state index in [1.807, 2.05) is 6.92 Å². The summed E-state index contributed by atoms with van der Waals surface area (Å²) in [7, 11) is -3.97. The van der Waals surface area contributed by atoms with E-state index in [0.29, 0.717) is 25.9 Å². The Balaban J connectivity index is 2.83. The molecule has 0 spiro atoms. The van der Waals surface area contributed by atoms with Gasteiger partial charge in [0.1, 0.15) is 0 Å². The number of nitro groups is 1. The number of hydrogen-bond acceptors (Lipinski definition) is 6. The van der Waals surface area contributed by atoms with Crippen molar-refractivity contribution < 1.29 is 18.4 Å². The molecule has 0 aliphatic heterocycles.